The van der Waals surface area contributed by atoms with E-state index in [9.17, 15) is 14.4 Å². The Hall–Kier alpha value is -2.95. The van der Waals surface area contributed by atoms with E-state index in [0.29, 0.717) is 18.5 Å². The fraction of sp³-hybridized carbons (Fsp3) is 0.211. The molecule has 0 aliphatic carbocycles. The number of hydrogen-bond donors (Lipinski definition) is 0. The van der Waals surface area contributed by atoms with Crippen LogP contribution >= 0.6 is 0 Å². The number of carbonyl (C=O) groups excluding carboxylic acids is 3. The van der Waals surface area contributed by atoms with Gasteiger partial charge in [-0.05, 0) is 37.1 Å². The minimum Gasteiger partial charge on any atom is -0.462 e. The molecule has 2 aromatic rings. The molecule has 2 aromatic carbocycles. The van der Waals surface area contributed by atoms with E-state index in [-0.39, 0.29) is 29.5 Å². The Morgan fingerprint density at radius 2 is 1.71 bits per heavy atom. The van der Waals surface area contributed by atoms with Crippen molar-refractivity contribution in [2.45, 2.75) is 13.3 Å². The number of carbonyl (C=O) groups is 3. The van der Waals surface area contributed by atoms with Gasteiger partial charge in [0.15, 0.2) is 0 Å². The van der Waals surface area contributed by atoms with Crippen molar-refractivity contribution >= 4 is 17.8 Å². The molecule has 0 saturated heterocycles. The summed E-state index contributed by atoms with van der Waals surface area (Å²) in [5.41, 5.74) is 1.93. The maximum atomic E-state index is 12.5. The number of hydrogen-bond acceptors (Lipinski definition) is 4. The molecular weight excluding hydrogens is 306 g/mol. The van der Waals surface area contributed by atoms with Gasteiger partial charge in [-0.1, -0.05) is 30.3 Å². The minimum absolute atomic E-state index is 0.256. The molecule has 0 bridgehead atoms. The molecule has 0 saturated carbocycles. The van der Waals surface area contributed by atoms with E-state index < -0.39 is 5.97 Å². The molecule has 24 heavy (non-hydrogen) atoms. The van der Waals surface area contributed by atoms with E-state index in [4.69, 9.17) is 4.74 Å². The summed E-state index contributed by atoms with van der Waals surface area (Å²) < 4.78 is 4.93. The number of fused-ring (bicyclic) bond motifs is 1. The molecule has 1 aliphatic heterocycles. The maximum absolute atomic E-state index is 12.5. The van der Waals surface area contributed by atoms with Gasteiger partial charge in [0.25, 0.3) is 11.8 Å². The van der Waals surface area contributed by atoms with E-state index in [0.717, 1.165) is 5.56 Å². The summed E-state index contributed by atoms with van der Waals surface area (Å²) in [5.74, 6) is -1.18. The predicted molar refractivity (Wildman–Crippen MR) is 87.9 cm³/mol. The average Bonchev–Trinajstić information content (AvgIpc) is 2.85. The van der Waals surface area contributed by atoms with Gasteiger partial charge in [0.2, 0.25) is 0 Å². The normalized spacial score (nSPS) is 13.1. The van der Waals surface area contributed by atoms with Crippen LogP contribution in [-0.2, 0) is 11.2 Å². The Bertz CT molecular complexity index is 798. The third-order valence-electron chi connectivity index (χ3n) is 3.95. The summed E-state index contributed by atoms with van der Waals surface area (Å²) in [6, 6.07) is 14.1. The summed E-state index contributed by atoms with van der Waals surface area (Å²) >= 11 is 0. The lowest BCUT2D eigenvalue weighted by Gasteiger charge is -2.13. The highest BCUT2D eigenvalue weighted by atomic mass is 16.5. The van der Waals surface area contributed by atoms with Crippen LogP contribution in [0.1, 0.15) is 43.6 Å². The van der Waals surface area contributed by atoms with Gasteiger partial charge in [0.1, 0.15) is 0 Å². The van der Waals surface area contributed by atoms with Gasteiger partial charge in [-0.3, -0.25) is 14.5 Å². The highest BCUT2D eigenvalue weighted by molar-refractivity contribution is 6.21. The molecule has 0 spiro atoms. The Morgan fingerprint density at radius 1 is 1.00 bits per heavy atom. The molecule has 122 valence electrons. The number of ether oxygens (including phenoxy) is 1. The van der Waals surface area contributed by atoms with E-state index in [1.54, 1.807) is 6.92 Å². The first-order valence-electron chi connectivity index (χ1n) is 7.83. The zero-order valence-electron chi connectivity index (χ0n) is 13.3. The second-order valence-corrected chi connectivity index (χ2v) is 5.48. The zero-order chi connectivity index (χ0) is 17.1. The number of amides is 2. The third kappa shape index (κ3) is 2.93. The SMILES string of the molecule is CCOC(=O)c1ccc2c(c1)C(=O)N(CCc1ccccc1)C2=O. The molecule has 1 heterocycles. The summed E-state index contributed by atoms with van der Waals surface area (Å²) in [5, 5.41) is 0. The van der Waals surface area contributed by atoms with Crippen LogP contribution in [0.2, 0.25) is 0 Å². The Labute approximate surface area is 139 Å². The molecule has 0 N–H and O–H groups in total. The highest BCUT2D eigenvalue weighted by Crippen LogP contribution is 2.24. The standard InChI is InChI=1S/C19H17NO4/c1-2-24-19(23)14-8-9-15-16(12-14)18(22)20(17(15)21)11-10-13-6-4-3-5-7-13/h3-9,12H,2,10-11H2,1H3. The second-order valence-electron chi connectivity index (χ2n) is 5.48. The van der Waals surface area contributed by atoms with Crippen LogP contribution in [0, 0.1) is 0 Å². The van der Waals surface area contributed by atoms with Gasteiger partial charge < -0.3 is 4.74 Å². The predicted octanol–water partition coefficient (Wildman–Crippen LogP) is 2.70. The molecule has 5 nitrogen and oxygen atoms in total. The molecular formula is C19H17NO4. The van der Waals surface area contributed by atoms with Crippen molar-refractivity contribution in [3.8, 4) is 0 Å². The Morgan fingerprint density at radius 3 is 2.42 bits per heavy atom. The first kappa shape index (κ1) is 15.9. The molecule has 0 fully saturated rings. The van der Waals surface area contributed by atoms with Crippen molar-refractivity contribution < 1.29 is 19.1 Å². The molecule has 0 unspecified atom stereocenters. The van der Waals surface area contributed by atoms with E-state index in [1.807, 2.05) is 30.3 Å². The summed E-state index contributed by atoms with van der Waals surface area (Å²) in [6.07, 6.45) is 0.594. The minimum atomic E-state index is -0.497. The van der Waals surface area contributed by atoms with E-state index >= 15 is 0 Å². The van der Waals surface area contributed by atoms with Crippen molar-refractivity contribution in [1.29, 1.82) is 0 Å². The van der Waals surface area contributed by atoms with Crippen molar-refractivity contribution in [1.82, 2.24) is 4.90 Å². The monoisotopic (exact) mass is 323 g/mol. The first-order valence-corrected chi connectivity index (χ1v) is 7.83. The molecule has 0 aromatic heterocycles. The lowest BCUT2D eigenvalue weighted by atomic mass is 10.1. The van der Waals surface area contributed by atoms with Gasteiger partial charge in [-0.25, -0.2) is 4.79 Å². The van der Waals surface area contributed by atoms with E-state index in [2.05, 4.69) is 0 Å². The molecule has 1 aliphatic rings. The number of esters is 1. The fourth-order valence-electron chi connectivity index (χ4n) is 2.72. The van der Waals surface area contributed by atoms with Crippen molar-refractivity contribution in [2.24, 2.45) is 0 Å². The topological polar surface area (TPSA) is 63.7 Å². The molecule has 3 rings (SSSR count). The second kappa shape index (κ2) is 6.66. The van der Waals surface area contributed by atoms with Crippen LogP contribution in [0.5, 0.6) is 0 Å². The molecule has 0 radical (unpaired) electrons. The fourth-order valence-corrected chi connectivity index (χ4v) is 2.72. The van der Waals surface area contributed by atoms with Crippen LogP contribution in [-0.4, -0.2) is 35.8 Å². The largest absolute Gasteiger partial charge is 0.462 e. The number of imide groups is 1. The number of nitrogens with zero attached hydrogens (tertiary/aromatic N) is 1. The van der Waals surface area contributed by atoms with Crippen molar-refractivity contribution in [2.75, 3.05) is 13.2 Å². The quantitative estimate of drug-likeness (QED) is 0.627. The highest BCUT2D eigenvalue weighted by Gasteiger charge is 2.35. The average molecular weight is 323 g/mol. The number of rotatable bonds is 5. The third-order valence-corrected chi connectivity index (χ3v) is 3.95. The first-order chi connectivity index (χ1) is 11.6. The van der Waals surface area contributed by atoms with Crippen molar-refractivity contribution in [3.63, 3.8) is 0 Å². The zero-order valence-corrected chi connectivity index (χ0v) is 13.3. The van der Waals surface area contributed by atoms with Gasteiger partial charge in [-0.2, -0.15) is 0 Å². The Kier molecular flexibility index (Phi) is 4.42. The van der Waals surface area contributed by atoms with E-state index in [1.165, 1.54) is 23.1 Å². The van der Waals surface area contributed by atoms with Crippen LogP contribution < -0.4 is 0 Å². The van der Waals surface area contributed by atoms with Crippen LogP contribution in [0.3, 0.4) is 0 Å². The van der Waals surface area contributed by atoms with Crippen LogP contribution in [0.15, 0.2) is 48.5 Å². The molecule has 5 heteroatoms. The van der Waals surface area contributed by atoms with Gasteiger partial charge in [0, 0.05) is 6.54 Å². The molecule has 2 amide bonds. The van der Waals surface area contributed by atoms with Gasteiger partial charge in [0.05, 0.1) is 23.3 Å². The lowest BCUT2D eigenvalue weighted by Crippen LogP contribution is -2.31. The van der Waals surface area contributed by atoms with Crippen LogP contribution in [0.25, 0.3) is 0 Å². The summed E-state index contributed by atoms with van der Waals surface area (Å²) in [4.78, 5) is 38.0. The summed E-state index contributed by atoms with van der Waals surface area (Å²) in [7, 11) is 0. The van der Waals surface area contributed by atoms with Gasteiger partial charge >= 0.3 is 5.97 Å². The maximum Gasteiger partial charge on any atom is 0.338 e. The Balaban J connectivity index is 1.79. The number of benzene rings is 2. The van der Waals surface area contributed by atoms with Gasteiger partial charge in [-0.15, -0.1) is 0 Å². The van der Waals surface area contributed by atoms with Crippen molar-refractivity contribution in [3.05, 3.63) is 70.8 Å². The molecule has 0 atom stereocenters. The summed E-state index contributed by atoms with van der Waals surface area (Å²) in [6.45, 7) is 2.28. The smallest absolute Gasteiger partial charge is 0.338 e. The lowest BCUT2D eigenvalue weighted by molar-refractivity contribution is 0.0525. The van der Waals surface area contributed by atoms with Crippen LogP contribution in [0.4, 0.5) is 0 Å².